The zero-order valence-electron chi connectivity index (χ0n) is 25.3. The van der Waals surface area contributed by atoms with Gasteiger partial charge in [0.05, 0.1) is 0 Å². The van der Waals surface area contributed by atoms with Crippen LogP contribution in [0.15, 0.2) is 88.7 Å². The third-order valence-electron chi connectivity index (χ3n) is 6.18. The summed E-state index contributed by atoms with van der Waals surface area (Å²) in [6.07, 6.45) is 3.43. The number of carbonyl (C=O) groups excluding carboxylic acids is 1. The van der Waals surface area contributed by atoms with Gasteiger partial charge in [-0.2, -0.15) is 0 Å². The van der Waals surface area contributed by atoms with Crippen molar-refractivity contribution in [1.29, 1.82) is 0 Å². The predicted octanol–water partition coefficient (Wildman–Crippen LogP) is 7.42. The van der Waals surface area contributed by atoms with Crippen LogP contribution in [0, 0.1) is 0 Å². The first kappa shape index (κ1) is 37.2. The monoisotopic (exact) mass is 851 g/mol. The molecule has 0 aliphatic heterocycles. The second kappa shape index (κ2) is 16.5. The van der Waals surface area contributed by atoms with Gasteiger partial charge >= 0.3 is 222 Å². The zero-order chi connectivity index (χ0) is 33.4. The fourth-order valence-electron chi connectivity index (χ4n) is 4.15. The van der Waals surface area contributed by atoms with Gasteiger partial charge in [0.15, 0.2) is 0 Å². The number of ether oxygens (including phenoxy) is 2. The molecule has 2 aromatic rings. The van der Waals surface area contributed by atoms with Gasteiger partial charge in [-0.25, -0.2) is 0 Å². The first-order valence-corrected chi connectivity index (χ1v) is 18.0. The van der Waals surface area contributed by atoms with Gasteiger partial charge < -0.3 is 4.74 Å². The number of carbonyl (C=O) groups is 1. The molecular formula is C32H35Cl2F3N3O3PW. The van der Waals surface area contributed by atoms with E-state index in [1.165, 1.54) is 36.5 Å². The fourth-order valence-corrected chi connectivity index (χ4v) is 7.11. The van der Waals surface area contributed by atoms with E-state index in [0.29, 0.717) is 40.5 Å². The topological polar surface area (TPSA) is 76.8 Å². The molecule has 0 saturated carbocycles. The van der Waals surface area contributed by atoms with Crippen molar-refractivity contribution in [3.8, 4) is 5.75 Å². The van der Waals surface area contributed by atoms with Crippen molar-refractivity contribution in [2.75, 3.05) is 19.4 Å². The maximum absolute atomic E-state index is 12.7. The second-order valence-corrected chi connectivity index (χ2v) is 15.7. The van der Waals surface area contributed by atoms with Crippen molar-refractivity contribution < 1.29 is 46.8 Å². The van der Waals surface area contributed by atoms with Gasteiger partial charge in [0.25, 0.3) is 0 Å². The number of nitrogens with zero attached hydrogens (tertiary/aromatic N) is 1. The van der Waals surface area contributed by atoms with Crippen LogP contribution in [0.25, 0.3) is 5.57 Å². The molecule has 0 aromatic heterocycles. The number of nitrogens with one attached hydrogen (secondary N) is 1. The van der Waals surface area contributed by atoms with Crippen LogP contribution >= 0.6 is 31.1 Å². The number of alkyl halides is 3. The van der Waals surface area contributed by atoms with Gasteiger partial charge in [-0.3, -0.25) is 0 Å². The number of hydrogen-bond acceptors (Lipinski definition) is 6. The summed E-state index contributed by atoms with van der Waals surface area (Å²) < 4.78 is 48.7. The molecule has 6 nitrogen and oxygen atoms in total. The summed E-state index contributed by atoms with van der Waals surface area (Å²) in [5, 5.41) is 6.84. The Morgan fingerprint density at radius 2 is 1.67 bits per heavy atom. The summed E-state index contributed by atoms with van der Waals surface area (Å²) in [4.78, 5) is 12.0. The van der Waals surface area contributed by atoms with Crippen molar-refractivity contribution >= 4 is 52.0 Å². The van der Waals surface area contributed by atoms with Crippen molar-refractivity contribution in [2.24, 2.45) is 5.84 Å². The van der Waals surface area contributed by atoms with Crippen LogP contribution in [-0.2, 0) is 28.9 Å². The van der Waals surface area contributed by atoms with E-state index in [1.807, 2.05) is 32.9 Å². The molecule has 1 aliphatic rings. The number of esters is 1. The molecule has 1 aliphatic carbocycles. The van der Waals surface area contributed by atoms with Crippen LogP contribution in [0.3, 0.4) is 0 Å². The molecule has 0 bridgehead atoms. The van der Waals surface area contributed by atoms with Crippen LogP contribution in [0.2, 0.25) is 0 Å². The van der Waals surface area contributed by atoms with Crippen molar-refractivity contribution in [3.63, 3.8) is 0 Å². The summed E-state index contributed by atoms with van der Waals surface area (Å²) in [5.41, 5.74) is 2.74. The Kier molecular flexibility index (Phi) is 13.7. The third-order valence-corrected chi connectivity index (χ3v) is 10.0. The SMILES string of the molecule is CP(C/C(=C\N(N)C1=CC(Cl)=CC(Cl)=CC1)c1ccc(OC(F)(F)F)cc1)c1ccc([C](=[W])NCCC(=O)OC(C)(C)C)cc1. The molecule has 13 heteroatoms. The number of rotatable bonds is 12. The standard InChI is InChI=1S/C32H35Cl2F3N3O3P.W/c1-31(2,3)43-30(41)15-16-39-19-22-5-13-29(14-6-22)44(4)21-24(23-7-11-28(12-8-23)42-32(35,36)37)20-40(38)27-10-9-25(33)17-26(34)18-27;/h5-9,11-14,17-18,20,39H,10,15-16,21,38H2,1-4H3;/b24-20+;. The minimum absolute atomic E-state index is 0.248. The average Bonchev–Trinajstić information content (AvgIpc) is 3.10. The molecule has 45 heavy (non-hydrogen) atoms. The van der Waals surface area contributed by atoms with E-state index in [0.717, 1.165) is 20.5 Å². The normalized spacial score (nSPS) is 14.9. The Balaban J connectivity index is 1.77. The Bertz CT molecular complexity index is 1490. The molecule has 242 valence electrons. The average molecular weight is 852 g/mol. The molecule has 0 radical (unpaired) electrons. The summed E-state index contributed by atoms with van der Waals surface area (Å²) in [6.45, 7) is 8.14. The van der Waals surface area contributed by atoms with Gasteiger partial charge in [-0.05, 0) is 6.08 Å². The fraction of sp³-hybridized carbons (Fsp3) is 0.312. The summed E-state index contributed by atoms with van der Waals surface area (Å²) >= 11 is 13.7. The summed E-state index contributed by atoms with van der Waals surface area (Å²) in [7, 11) is -0.738. The molecule has 0 fully saturated rings. The zero-order valence-corrected chi connectivity index (χ0v) is 30.6. The Morgan fingerprint density at radius 3 is 2.27 bits per heavy atom. The second-order valence-electron chi connectivity index (χ2n) is 11.1. The van der Waals surface area contributed by atoms with Crippen molar-refractivity contribution in [1.82, 2.24) is 10.3 Å². The van der Waals surface area contributed by atoms with E-state index in [4.69, 9.17) is 33.8 Å². The molecule has 0 heterocycles. The van der Waals surface area contributed by atoms with Gasteiger partial charge in [0.1, 0.15) is 0 Å². The Hall–Kier alpha value is -2.25. The molecule has 1 atom stereocenters. The number of nitrogens with two attached hydrogens (primary N) is 1. The van der Waals surface area contributed by atoms with Gasteiger partial charge in [-0.1, -0.05) is 29.3 Å². The number of hydrogen-bond donors (Lipinski definition) is 2. The van der Waals surface area contributed by atoms with E-state index in [2.05, 4.69) is 28.9 Å². The third kappa shape index (κ3) is 13.2. The predicted molar refractivity (Wildman–Crippen MR) is 174 cm³/mol. The Labute approximate surface area is 284 Å². The van der Waals surface area contributed by atoms with E-state index >= 15 is 0 Å². The van der Waals surface area contributed by atoms with Crippen LogP contribution in [0.1, 0.15) is 44.7 Å². The molecular weight excluding hydrogens is 817 g/mol. The van der Waals surface area contributed by atoms with Gasteiger partial charge in [0, 0.05) is 10.1 Å². The van der Waals surface area contributed by atoms with E-state index in [9.17, 15) is 18.0 Å². The first-order chi connectivity index (χ1) is 21.0. The number of allylic oxidation sites excluding steroid dienone is 6. The molecule has 1 unspecified atom stereocenters. The number of benzene rings is 2. The maximum atomic E-state index is 12.7. The summed E-state index contributed by atoms with van der Waals surface area (Å²) in [6, 6.07) is 14.0. The van der Waals surface area contributed by atoms with E-state index in [1.54, 1.807) is 36.6 Å². The molecule has 0 spiro atoms. The van der Waals surface area contributed by atoms with E-state index in [-0.39, 0.29) is 18.1 Å². The van der Waals surface area contributed by atoms with Crippen LogP contribution in [0.4, 0.5) is 13.2 Å². The summed E-state index contributed by atoms with van der Waals surface area (Å²) in [5.74, 6) is 5.91. The quantitative estimate of drug-likeness (QED) is 0.100. The van der Waals surface area contributed by atoms with E-state index < -0.39 is 19.9 Å². The molecule has 3 N–H and O–H groups in total. The van der Waals surface area contributed by atoms with Crippen molar-refractivity contribution in [3.05, 3.63) is 99.8 Å². The first-order valence-electron chi connectivity index (χ1n) is 13.8. The molecule has 2 aromatic carbocycles. The van der Waals surface area contributed by atoms with Gasteiger partial charge in [-0.15, -0.1) is 13.2 Å². The molecule has 3 rings (SSSR count). The molecule has 0 amide bonds. The van der Waals surface area contributed by atoms with Gasteiger partial charge in [0.2, 0.25) is 0 Å². The number of hydrazine groups is 1. The van der Waals surface area contributed by atoms with Crippen LogP contribution in [-0.4, -0.2) is 46.3 Å². The van der Waals surface area contributed by atoms with Crippen LogP contribution in [0.5, 0.6) is 5.75 Å². The molecule has 0 saturated heterocycles. The van der Waals surface area contributed by atoms with Crippen molar-refractivity contribution in [2.45, 2.75) is 45.6 Å². The van der Waals surface area contributed by atoms with Crippen LogP contribution < -0.4 is 21.2 Å². The number of halogens is 5. The Morgan fingerprint density at radius 1 is 1.04 bits per heavy atom. The minimum atomic E-state index is -4.78.